The lowest BCUT2D eigenvalue weighted by Gasteiger charge is -1.96. The highest BCUT2D eigenvalue weighted by molar-refractivity contribution is 5.49. The van der Waals surface area contributed by atoms with Crippen LogP contribution in [0.4, 0.5) is 0 Å². The fraction of sp³-hybridized carbons (Fsp3) is 0.333. The predicted octanol–water partition coefficient (Wildman–Crippen LogP) is 1.52. The molecule has 1 aromatic rings. The van der Waals surface area contributed by atoms with Gasteiger partial charge in [0, 0.05) is 18.8 Å². The molecule has 0 saturated carbocycles. The van der Waals surface area contributed by atoms with Crippen molar-refractivity contribution in [1.82, 2.24) is 4.98 Å². The molecule has 0 N–H and O–H groups in total. The number of aromatic nitrogens is 1. The highest BCUT2D eigenvalue weighted by Crippen LogP contribution is 2.02. The highest BCUT2D eigenvalue weighted by Gasteiger charge is 1.92. The zero-order valence-corrected chi connectivity index (χ0v) is 6.58. The minimum Gasteiger partial charge on any atom is -0.303 e. The fourth-order valence-corrected chi connectivity index (χ4v) is 0.980. The maximum atomic E-state index is 10.0. The second kappa shape index (κ2) is 3.86. The van der Waals surface area contributed by atoms with Gasteiger partial charge in [-0.05, 0) is 24.5 Å². The van der Waals surface area contributed by atoms with Gasteiger partial charge in [-0.25, -0.2) is 0 Å². The van der Waals surface area contributed by atoms with E-state index in [-0.39, 0.29) is 0 Å². The zero-order chi connectivity index (χ0) is 8.10. The molecule has 2 heteroatoms. The average molecular weight is 149 g/mol. The normalized spacial score (nSPS) is 9.55. The van der Waals surface area contributed by atoms with E-state index in [4.69, 9.17) is 0 Å². The molecule has 58 valence electrons. The van der Waals surface area contributed by atoms with Gasteiger partial charge in [0.2, 0.25) is 0 Å². The summed E-state index contributed by atoms with van der Waals surface area (Å²) < 4.78 is 0. The molecule has 11 heavy (non-hydrogen) atoms. The maximum absolute atomic E-state index is 10.0. The smallest absolute Gasteiger partial charge is 0.120 e. The predicted molar refractivity (Wildman–Crippen MR) is 43.4 cm³/mol. The van der Waals surface area contributed by atoms with Crippen LogP contribution in [0.3, 0.4) is 0 Å². The summed E-state index contributed by atoms with van der Waals surface area (Å²) in [6, 6.07) is 2.05. The van der Waals surface area contributed by atoms with Crippen molar-refractivity contribution < 1.29 is 4.79 Å². The van der Waals surface area contributed by atoms with E-state index in [0.29, 0.717) is 6.42 Å². The van der Waals surface area contributed by atoms with Crippen molar-refractivity contribution in [3.8, 4) is 0 Å². The van der Waals surface area contributed by atoms with Crippen molar-refractivity contribution in [3.63, 3.8) is 0 Å². The van der Waals surface area contributed by atoms with E-state index in [1.54, 1.807) is 6.20 Å². The Labute approximate surface area is 66.3 Å². The van der Waals surface area contributed by atoms with Gasteiger partial charge in [0.1, 0.15) is 6.29 Å². The lowest BCUT2D eigenvalue weighted by Crippen LogP contribution is -1.88. The van der Waals surface area contributed by atoms with Gasteiger partial charge in [-0.2, -0.15) is 0 Å². The summed E-state index contributed by atoms with van der Waals surface area (Å²) in [5.41, 5.74) is 2.28. The standard InChI is InChI=1S/C9H11NO/c1-8-5-9(3-2-4-11)7-10-6-8/h4-7H,2-3H2,1H3. The van der Waals surface area contributed by atoms with E-state index in [1.807, 2.05) is 13.1 Å². The van der Waals surface area contributed by atoms with Crippen LogP contribution in [0.2, 0.25) is 0 Å². The van der Waals surface area contributed by atoms with E-state index in [9.17, 15) is 4.79 Å². The first-order valence-electron chi connectivity index (χ1n) is 3.67. The lowest BCUT2D eigenvalue weighted by atomic mass is 10.1. The van der Waals surface area contributed by atoms with Crippen molar-refractivity contribution >= 4 is 6.29 Å². The third-order valence-corrected chi connectivity index (χ3v) is 1.48. The quantitative estimate of drug-likeness (QED) is 0.610. The van der Waals surface area contributed by atoms with Gasteiger partial charge in [0.25, 0.3) is 0 Å². The molecule has 0 saturated heterocycles. The Morgan fingerprint density at radius 2 is 2.36 bits per heavy atom. The topological polar surface area (TPSA) is 30.0 Å². The van der Waals surface area contributed by atoms with Crippen molar-refractivity contribution in [3.05, 3.63) is 29.6 Å². The number of carbonyl (C=O) groups is 1. The van der Waals surface area contributed by atoms with Crippen molar-refractivity contribution in [2.24, 2.45) is 0 Å². The van der Waals surface area contributed by atoms with Crippen LogP contribution in [-0.4, -0.2) is 11.3 Å². The number of hydrogen-bond donors (Lipinski definition) is 0. The van der Waals surface area contributed by atoms with Crippen LogP contribution in [0, 0.1) is 6.92 Å². The molecular formula is C9H11NO. The van der Waals surface area contributed by atoms with Crippen molar-refractivity contribution in [1.29, 1.82) is 0 Å². The molecule has 1 heterocycles. The largest absolute Gasteiger partial charge is 0.303 e. The SMILES string of the molecule is Cc1cncc(CCC=O)c1. The summed E-state index contributed by atoms with van der Waals surface area (Å²) in [5, 5.41) is 0. The van der Waals surface area contributed by atoms with Gasteiger partial charge in [-0.3, -0.25) is 4.98 Å². The van der Waals surface area contributed by atoms with E-state index in [0.717, 1.165) is 23.8 Å². The number of nitrogens with zero attached hydrogens (tertiary/aromatic N) is 1. The summed E-state index contributed by atoms with van der Waals surface area (Å²) >= 11 is 0. The molecule has 1 rings (SSSR count). The van der Waals surface area contributed by atoms with E-state index < -0.39 is 0 Å². The summed E-state index contributed by atoms with van der Waals surface area (Å²) in [7, 11) is 0. The van der Waals surface area contributed by atoms with Crippen LogP contribution in [0.1, 0.15) is 17.5 Å². The summed E-state index contributed by atoms with van der Waals surface area (Å²) in [6.45, 7) is 2.00. The fourth-order valence-electron chi connectivity index (χ4n) is 0.980. The average Bonchev–Trinajstić information content (AvgIpc) is 2.01. The van der Waals surface area contributed by atoms with Crippen molar-refractivity contribution in [2.45, 2.75) is 19.8 Å². The molecule has 0 aliphatic heterocycles. The van der Waals surface area contributed by atoms with Crippen molar-refractivity contribution in [2.75, 3.05) is 0 Å². The van der Waals surface area contributed by atoms with Crippen LogP contribution in [-0.2, 0) is 11.2 Å². The molecule has 0 bridgehead atoms. The monoisotopic (exact) mass is 149 g/mol. The Kier molecular flexibility index (Phi) is 2.78. The molecule has 0 unspecified atom stereocenters. The highest BCUT2D eigenvalue weighted by atomic mass is 16.1. The van der Waals surface area contributed by atoms with Gasteiger partial charge in [0.05, 0.1) is 0 Å². The molecular weight excluding hydrogens is 138 g/mol. The van der Waals surface area contributed by atoms with Gasteiger partial charge in [0.15, 0.2) is 0 Å². The minimum atomic E-state index is 0.588. The van der Waals surface area contributed by atoms with Crippen LogP contribution >= 0.6 is 0 Å². The number of rotatable bonds is 3. The molecule has 0 radical (unpaired) electrons. The number of pyridine rings is 1. The molecule has 2 nitrogen and oxygen atoms in total. The lowest BCUT2D eigenvalue weighted by molar-refractivity contribution is -0.107. The summed E-state index contributed by atoms with van der Waals surface area (Å²) in [6.07, 6.45) is 5.94. The van der Waals surface area contributed by atoms with E-state index in [1.165, 1.54) is 0 Å². The molecule has 0 amide bonds. The molecule has 0 spiro atoms. The first-order valence-corrected chi connectivity index (χ1v) is 3.67. The molecule has 0 fully saturated rings. The second-order valence-electron chi connectivity index (χ2n) is 2.58. The van der Waals surface area contributed by atoms with E-state index >= 15 is 0 Å². The number of aldehydes is 1. The Bertz CT molecular complexity index is 245. The van der Waals surface area contributed by atoms with Crippen LogP contribution < -0.4 is 0 Å². The maximum Gasteiger partial charge on any atom is 0.120 e. The van der Waals surface area contributed by atoms with Gasteiger partial charge in [-0.15, -0.1) is 0 Å². The van der Waals surface area contributed by atoms with Crippen LogP contribution in [0.15, 0.2) is 18.5 Å². The van der Waals surface area contributed by atoms with E-state index in [2.05, 4.69) is 11.1 Å². The molecule has 0 atom stereocenters. The second-order valence-corrected chi connectivity index (χ2v) is 2.58. The summed E-state index contributed by atoms with van der Waals surface area (Å²) in [5.74, 6) is 0. The first kappa shape index (κ1) is 7.92. The minimum absolute atomic E-state index is 0.588. The Balaban J connectivity index is 2.63. The molecule has 0 aliphatic rings. The van der Waals surface area contributed by atoms with Gasteiger partial charge < -0.3 is 4.79 Å². The third kappa shape index (κ3) is 2.50. The molecule has 1 aromatic heterocycles. The summed E-state index contributed by atoms with van der Waals surface area (Å²) in [4.78, 5) is 14.1. The number of aryl methyl sites for hydroxylation is 2. The van der Waals surface area contributed by atoms with Crippen LogP contribution in [0.5, 0.6) is 0 Å². The van der Waals surface area contributed by atoms with Crippen LogP contribution in [0.25, 0.3) is 0 Å². The Morgan fingerprint density at radius 3 is 3.00 bits per heavy atom. The van der Waals surface area contributed by atoms with Gasteiger partial charge >= 0.3 is 0 Å². The van der Waals surface area contributed by atoms with Gasteiger partial charge in [-0.1, -0.05) is 6.07 Å². The Morgan fingerprint density at radius 1 is 1.55 bits per heavy atom. The Hall–Kier alpha value is -1.18. The zero-order valence-electron chi connectivity index (χ0n) is 6.58. The number of carbonyl (C=O) groups excluding carboxylic acids is 1. The first-order chi connectivity index (χ1) is 5.33. The molecule has 0 aliphatic carbocycles. The third-order valence-electron chi connectivity index (χ3n) is 1.48. The molecule has 0 aromatic carbocycles. The number of hydrogen-bond acceptors (Lipinski definition) is 2.